The van der Waals surface area contributed by atoms with Gasteiger partial charge in [-0.15, -0.1) is 0 Å². The van der Waals surface area contributed by atoms with E-state index >= 15 is 0 Å². The monoisotopic (exact) mass is 375 g/mol. The molecule has 1 aromatic rings. The molecular weight excluding hydrogens is 342 g/mol. The highest BCUT2D eigenvalue weighted by Crippen LogP contribution is 2.27. The highest BCUT2D eigenvalue weighted by molar-refractivity contribution is 5.94. The van der Waals surface area contributed by atoms with E-state index in [0.29, 0.717) is 19.5 Å². The van der Waals surface area contributed by atoms with Crippen LogP contribution in [0.15, 0.2) is 18.2 Å². The number of carbonyl (C=O) groups excluding carboxylic acids is 2. The second-order valence-electron chi connectivity index (χ2n) is 6.86. The lowest BCUT2D eigenvalue weighted by Gasteiger charge is -2.27. The number of benzene rings is 1. The van der Waals surface area contributed by atoms with Gasteiger partial charge >= 0.3 is 0 Å². The van der Waals surface area contributed by atoms with Crippen molar-refractivity contribution in [2.75, 3.05) is 50.8 Å². The van der Waals surface area contributed by atoms with Gasteiger partial charge in [0.2, 0.25) is 11.8 Å². The summed E-state index contributed by atoms with van der Waals surface area (Å²) >= 11 is 0. The summed E-state index contributed by atoms with van der Waals surface area (Å²) in [6.45, 7) is 11.0. The number of rotatable bonds is 9. The summed E-state index contributed by atoms with van der Waals surface area (Å²) in [4.78, 5) is 28.6. The Bertz CT molecular complexity index is 605. The minimum Gasteiger partial charge on any atom is -0.379 e. The molecule has 1 aliphatic rings. The van der Waals surface area contributed by atoms with Crippen molar-refractivity contribution in [3.8, 4) is 0 Å². The largest absolute Gasteiger partial charge is 0.379 e. The summed E-state index contributed by atoms with van der Waals surface area (Å²) in [7, 11) is 0. The molecule has 1 aromatic carbocycles. The third-order valence-corrected chi connectivity index (χ3v) is 5.03. The first-order valence-electron chi connectivity index (χ1n) is 10.0. The van der Waals surface area contributed by atoms with Crippen molar-refractivity contribution in [3.05, 3.63) is 29.3 Å². The van der Waals surface area contributed by atoms with Gasteiger partial charge in [0, 0.05) is 51.8 Å². The first kappa shape index (κ1) is 21.4. The summed E-state index contributed by atoms with van der Waals surface area (Å²) in [5.74, 6) is -0.0340. The fraction of sp³-hybridized carbons (Fsp3) is 0.619. The maximum absolute atomic E-state index is 12.3. The molecule has 6 nitrogen and oxygen atoms in total. The van der Waals surface area contributed by atoms with E-state index in [0.717, 1.165) is 62.5 Å². The van der Waals surface area contributed by atoms with Gasteiger partial charge in [0.1, 0.15) is 0 Å². The maximum Gasteiger partial charge on any atom is 0.223 e. The standard InChI is InChI=1S/C21H33N3O3/c1-4-18-7-6-8-19(5-2)21(18)24(17(3)25)11-9-20(26)22-10-12-23-13-15-27-16-14-23/h6-8H,4-5,9-16H2,1-3H3,(H,22,26). The van der Waals surface area contributed by atoms with E-state index in [-0.39, 0.29) is 11.8 Å². The van der Waals surface area contributed by atoms with E-state index in [1.807, 2.05) is 6.07 Å². The third kappa shape index (κ3) is 6.33. The number of nitrogens with one attached hydrogen (secondary N) is 1. The number of aryl methyl sites for hydroxylation is 2. The molecule has 1 saturated heterocycles. The number of amides is 2. The van der Waals surface area contributed by atoms with Gasteiger partial charge in [-0.1, -0.05) is 32.0 Å². The Balaban J connectivity index is 1.91. The normalized spacial score (nSPS) is 14.8. The molecule has 0 aromatic heterocycles. The van der Waals surface area contributed by atoms with Gasteiger partial charge in [0.05, 0.1) is 13.2 Å². The van der Waals surface area contributed by atoms with E-state index in [4.69, 9.17) is 4.74 Å². The van der Waals surface area contributed by atoms with Crippen LogP contribution in [0.3, 0.4) is 0 Å². The fourth-order valence-corrected chi connectivity index (χ4v) is 3.47. The molecule has 1 aliphatic heterocycles. The maximum atomic E-state index is 12.3. The molecule has 1 fully saturated rings. The minimum atomic E-state index is -0.0216. The van der Waals surface area contributed by atoms with E-state index in [1.54, 1.807) is 11.8 Å². The molecule has 0 spiro atoms. The molecule has 1 heterocycles. The highest BCUT2D eigenvalue weighted by atomic mass is 16.5. The predicted octanol–water partition coefficient (Wildman–Crippen LogP) is 2.00. The van der Waals surface area contributed by atoms with Crippen LogP contribution in [-0.2, 0) is 27.2 Å². The lowest BCUT2D eigenvalue weighted by atomic mass is 10.0. The van der Waals surface area contributed by atoms with Crippen LogP contribution in [0.1, 0.15) is 38.3 Å². The van der Waals surface area contributed by atoms with Gasteiger partial charge < -0.3 is 15.0 Å². The summed E-state index contributed by atoms with van der Waals surface area (Å²) in [6.07, 6.45) is 2.03. The van der Waals surface area contributed by atoms with Gasteiger partial charge in [-0.2, -0.15) is 0 Å². The van der Waals surface area contributed by atoms with Crippen LogP contribution in [-0.4, -0.2) is 62.7 Å². The molecule has 150 valence electrons. The molecule has 27 heavy (non-hydrogen) atoms. The van der Waals surface area contributed by atoms with E-state index < -0.39 is 0 Å². The Hall–Kier alpha value is -1.92. The molecule has 0 unspecified atom stereocenters. The molecule has 0 aliphatic carbocycles. The zero-order chi connectivity index (χ0) is 19.6. The van der Waals surface area contributed by atoms with Crippen LogP contribution in [0, 0.1) is 0 Å². The summed E-state index contributed by atoms with van der Waals surface area (Å²) < 4.78 is 5.33. The predicted molar refractivity (Wildman–Crippen MR) is 108 cm³/mol. The Kier molecular flexibility index (Phi) is 8.75. The lowest BCUT2D eigenvalue weighted by molar-refractivity contribution is -0.121. The Labute approximate surface area is 162 Å². The van der Waals surface area contributed by atoms with Crippen LogP contribution >= 0.6 is 0 Å². The fourth-order valence-electron chi connectivity index (χ4n) is 3.47. The molecule has 0 saturated carbocycles. The molecule has 2 rings (SSSR count). The van der Waals surface area contributed by atoms with E-state index in [2.05, 4.69) is 36.2 Å². The number of anilines is 1. The number of para-hydroxylation sites is 1. The van der Waals surface area contributed by atoms with Crippen LogP contribution in [0.2, 0.25) is 0 Å². The van der Waals surface area contributed by atoms with Crippen molar-refractivity contribution in [3.63, 3.8) is 0 Å². The average molecular weight is 376 g/mol. The second kappa shape index (κ2) is 11.0. The summed E-state index contributed by atoms with van der Waals surface area (Å²) in [5.41, 5.74) is 3.28. The number of ether oxygens (including phenoxy) is 1. The van der Waals surface area contributed by atoms with Crippen molar-refractivity contribution in [1.82, 2.24) is 10.2 Å². The van der Waals surface area contributed by atoms with Crippen LogP contribution in [0.5, 0.6) is 0 Å². The first-order valence-corrected chi connectivity index (χ1v) is 10.0. The van der Waals surface area contributed by atoms with Gasteiger partial charge in [0.25, 0.3) is 0 Å². The summed E-state index contributed by atoms with van der Waals surface area (Å²) in [6, 6.07) is 6.16. The SMILES string of the molecule is CCc1cccc(CC)c1N(CCC(=O)NCCN1CCOCC1)C(C)=O. The van der Waals surface area contributed by atoms with Crippen LogP contribution in [0.25, 0.3) is 0 Å². The minimum absolute atomic E-state index is 0.0125. The van der Waals surface area contributed by atoms with Gasteiger partial charge in [0.15, 0.2) is 0 Å². The number of carbonyl (C=O) groups is 2. The molecule has 0 atom stereocenters. The second-order valence-corrected chi connectivity index (χ2v) is 6.86. The lowest BCUT2D eigenvalue weighted by Crippen LogP contribution is -2.42. The molecule has 1 N–H and O–H groups in total. The summed E-state index contributed by atoms with van der Waals surface area (Å²) in [5, 5.41) is 2.97. The molecule has 0 radical (unpaired) electrons. The van der Waals surface area contributed by atoms with Gasteiger partial charge in [-0.3, -0.25) is 14.5 Å². The Morgan fingerprint density at radius 3 is 2.33 bits per heavy atom. The van der Waals surface area contributed by atoms with Crippen molar-refractivity contribution in [2.45, 2.75) is 40.0 Å². The zero-order valence-electron chi connectivity index (χ0n) is 16.9. The number of hydrogen-bond acceptors (Lipinski definition) is 4. The molecular formula is C21H33N3O3. The average Bonchev–Trinajstić information content (AvgIpc) is 2.68. The zero-order valence-corrected chi connectivity index (χ0v) is 16.9. The number of nitrogens with zero attached hydrogens (tertiary/aromatic N) is 2. The van der Waals surface area contributed by atoms with E-state index in [9.17, 15) is 9.59 Å². The van der Waals surface area contributed by atoms with E-state index in [1.165, 1.54) is 0 Å². The first-order chi connectivity index (χ1) is 13.1. The van der Waals surface area contributed by atoms with Gasteiger partial charge in [-0.25, -0.2) is 0 Å². The van der Waals surface area contributed by atoms with Crippen molar-refractivity contribution in [2.24, 2.45) is 0 Å². The molecule has 0 bridgehead atoms. The van der Waals surface area contributed by atoms with Crippen molar-refractivity contribution < 1.29 is 14.3 Å². The van der Waals surface area contributed by atoms with Crippen molar-refractivity contribution in [1.29, 1.82) is 0 Å². The van der Waals surface area contributed by atoms with Crippen LogP contribution in [0.4, 0.5) is 5.69 Å². The molecule has 6 heteroatoms. The Morgan fingerprint density at radius 1 is 1.15 bits per heavy atom. The van der Waals surface area contributed by atoms with Gasteiger partial charge in [-0.05, 0) is 24.0 Å². The quantitative estimate of drug-likeness (QED) is 0.717. The van der Waals surface area contributed by atoms with Crippen LogP contribution < -0.4 is 10.2 Å². The molecule has 2 amide bonds. The number of morpholine rings is 1. The smallest absolute Gasteiger partial charge is 0.223 e. The highest BCUT2D eigenvalue weighted by Gasteiger charge is 2.19. The third-order valence-electron chi connectivity index (χ3n) is 5.03. The van der Waals surface area contributed by atoms with Crippen molar-refractivity contribution >= 4 is 17.5 Å². The Morgan fingerprint density at radius 2 is 1.78 bits per heavy atom. The number of hydrogen-bond donors (Lipinski definition) is 1. The topological polar surface area (TPSA) is 61.9 Å².